The van der Waals surface area contributed by atoms with Crippen LogP contribution in [0.25, 0.3) is 0 Å². The van der Waals surface area contributed by atoms with Gasteiger partial charge in [0.05, 0.1) is 0 Å². The number of aromatic amines is 1. The van der Waals surface area contributed by atoms with Crippen molar-refractivity contribution in [2.24, 2.45) is 0 Å². The Morgan fingerprint density at radius 2 is 2.62 bits per heavy atom. The van der Waals surface area contributed by atoms with Gasteiger partial charge in [-0.1, -0.05) is 0 Å². The summed E-state index contributed by atoms with van der Waals surface area (Å²) in [4.78, 5) is 4.06. The zero-order chi connectivity index (χ0) is 8.93. The van der Waals surface area contributed by atoms with E-state index in [1.807, 2.05) is 0 Å². The van der Waals surface area contributed by atoms with E-state index in [1.165, 1.54) is 6.42 Å². The Labute approximate surface area is 77.3 Å². The second-order valence-corrected chi connectivity index (χ2v) is 3.33. The molecule has 2 rings (SSSR count). The van der Waals surface area contributed by atoms with E-state index in [1.54, 1.807) is 6.33 Å². The Bertz CT molecular complexity index is 227. The molecule has 1 fully saturated rings. The van der Waals surface area contributed by atoms with Crippen LogP contribution in [-0.4, -0.2) is 40.9 Å². The molecule has 0 aliphatic carbocycles. The van der Waals surface area contributed by atoms with Crippen LogP contribution in [0, 0.1) is 0 Å². The molecule has 3 N–H and O–H groups in total. The molecule has 2 heterocycles. The van der Waals surface area contributed by atoms with Crippen LogP contribution >= 0.6 is 0 Å². The molecule has 0 aromatic carbocycles. The molecule has 1 aromatic heterocycles. The second-order valence-electron chi connectivity index (χ2n) is 3.33. The van der Waals surface area contributed by atoms with Crippen LogP contribution in [0.3, 0.4) is 0 Å². The number of H-pyrrole nitrogens is 1. The van der Waals surface area contributed by atoms with Gasteiger partial charge in [-0.25, -0.2) is 4.98 Å². The minimum absolute atomic E-state index is 0.642. The van der Waals surface area contributed by atoms with Gasteiger partial charge in [0.25, 0.3) is 0 Å². The lowest BCUT2D eigenvalue weighted by molar-refractivity contribution is 0.545. The van der Waals surface area contributed by atoms with Crippen LogP contribution in [0.15, 0.2) is 6.33 Å². The molecule has 0 radical (unpaired) electrons. The molecule has 0 spiro atoms. The van der Waals surface area contributed by atoms with Crippen LogP contribution in [0.4, 0.5) is 0 Å². The first-order valence-electron chi connectivity index (χ1n) is 4.73. The van der Waals surface area contributed by atoms with E-state index in [9.17, 15) is 0 Å². The van der Waals surface area contributed by atoms with Gasteiger partial charge in [0.1, 0.15) is 12.2 Å². The highest BCUT2D eigenvalue weighted by molar-refractivity contribution is 4.83. The van der Waals surface area contributed by atoms with Crippen LogP contribution in [-0.2, 0) is 6.42 Å². The number of hydrogen-bond donors (Lipinski definition) is 3. The van der Waals surface area contributed by atoms with Crippen molar-refractivity contribution in [3.8, 4) is 0 Å². The summed E-state index contributed by atoms with van der Waals surface area (Å²) in [5.41, 5.74) is 0. The minimum atomic E-state index is 0.642. The first-order chi connectivity index (χ1) is 6.45. The summed E-state index contributed by atoms with van der Waals surface area (Å²) in [5, 5.41) is 13.4. The first-order valence-corrected chi connectivity index (χ1v) is 4.73. The highest BCUT2D eigenvalue weighted by Gasteiger charge is 2.12. The lowest BCUT2D eigenvalue weighted by Crippen LogP contribution is -2.32. The summed E-state index contributed by atoms with van der Waals surface area (Å²) in [7, 11) is 0. The topological polar surface area (TPSA) is 65.6 Å². The van der Waals surface area contributed by atoms with Gasteiger partial charge in [0.15, 0.2) is 0 Å². The van der Waals surface area contributed by atoms with Gasteiger partial charge in [-0.2, -0.15) is 5.10 Å². The van der Waals surface area contributed by atoms with Crippen LogP contribution in [0.5, 0.6) is 0 Å². The predicted molar refractivity (Wildman–Crippen MR) is 49.4 cm³/mol. The van der Waals surface area contributed by atoms with Crippen molar-refractivity contribution in [1.29, 1.82) is 0 Å². The Morgan fingerprint density at radius 3 is 3.31 bits per heavy atom. The lowest BCUT2D eigenvalue weighted by atomic mass is 10.2. The number of aromatic nitrogens is 3. The molecule has 72 valence electrons. The number of nitrogens with one attached hydrogen (secondary N) is 3. The summed E-state index contributed by atoms with van der Waals surface area (Å²) in [6.45, 7) is 3.21. The van der Waals surface area contributed by atoms with Gasteiger partial charge in [-0.3, -0.25) is 5.10 Å². The zero-order valence-corrected chi connectivity index (χ0v) is 7.58. The van der Waals surface area contributed by atoms with Crippen molar-refractivity contribution < 1.29 is 0 Å². The van der Waals surface area contributed by atoms with Crippen molar-refractivity contribution in [3.63, 3.8) is 0 Å². The predicted octanol–water partition coefficient (Wildman–Crippen LogP) is -0.701. The molecule has 5 heteroatoms. The molecular weight excluding hydrogens is 166 g/mol. The molecule has 1 unspecified atom stereocenters. The summed E-state index contributed by atoms with van der Waals surface area (Å²) >= 11 is 0. The standard InChI is InChI=1S/C8H15N5/c1-3-9-5-7(1)10-4-2-8-11-6-12-13-8/h6-7,9-10H,1-5H2,(H,11,12,13). The fraction of sp³-hybridized carbons (Fsp3) is 0.750. The van der Waals surface area contributed by atoms with Crippen LogP contribution in [0.1, 0.15) is 12.2 Å². The normalized spacial score (nSPS) is 22.3. The van der Waals surface area contributed by atoms with Crippen LogP contribution in [0.2, 0.25) is 0 Å². The Balaban J connectivity index is 1.63. The fourth-order valence-electron chi connectivity index (χ4n) is 1.57. The number of nitrogens with zero attached hydrogens (tertiary/aromatic N) is 2. The average molecular weight is 181 g/mol. The largest absolute Gasteiger partial charge is 0.315 e. The van der Waals surface area contributed by atoms with Gasteiger partial charge in [-0.05, 0) is 13.0 Å². The molecule has 1 aliphatic heterocycles. The third-order valence-corrected chi connectivity index (χ3v) is 2.32. The summed E-state index contributed by atoms with van der Waals surface area (Å²) in [5.74, 6) is 0.957. The lowest BCUT2D eigenvalue weighted by Gasteiger charge is -2.09. The van der Waals surface area contributed by atoms with E-state index < -0.39 is 0 Å². The first kappa shape index (κ1) is 8.65. The molecule has 1 aromatic rings. The third-order valence-electron chi connectivity index (χ3n) is 2.32. The van der Waals surface area contributed by atoms with E-state index in [0.717, 1.165) is 31.9 Å². The Morgan fingerprint density at radius 1 is 1.62 bits per heavy atom. The summed E-state index contributed by atoms with van der Waals surface area (Å²) in [6.07, 6.45) is 3.71. The Hall–Kier alpha value is -0.940. The monoisotopic (exact) mass is 181 g/mol. The highest BCUT2D eigenvalue weighted by atomic mass is 15.2. The average Bonchev–Trinajstić information content (AvgIpc) is 2.75. The molecule has 0 saturated carbocycles. The number of rotatable bonds is 4. The molecular formula is C8H15N5. The molecule has 5 nitrogen and oxygen atoms in total. The third kappa shape index (κ3) is 2.50. The van der Waals surface area contributed by atoms with E-state index >= 15 is 0 Å². The quantitative estimate of drug-likeness (QED) is 0.574. The molecule has 0 amide bonds. The van der Waals surface area contributed by atoms with Crippen molar-refractivity contribution in [2.45, 2.75) is 18.9 Å². The molecule has 1 aliphatic rings. The maximum atomic E-state index is 4.06. The van der Waals surface area contributed by atoms with Gasteiger partial charge in [0, 0.05) is 25.6 Å². The summed E-state index contributed by atoms with van der Waals surface area (Å²) in [6, 6.07) is 0.642. The SMILES string of the molecule is c1n[nH]c(CCNC2CCNC2)n1. The van der Waals surface area contributed by atoms with Crippen molar-refractivity contribution in [3.05, 3.63) is 12.2 Å². The van der Waals surface area contributed by atoms with Crippen LogP contribution < -0.4 is 10.6 Å². The van der Waals surface area contributed by atoms with E-state index in [-0.39, 0.29) is 0 Å². The van der Waals surface area contributed by atoms with Gasteiger partial charge in [0.2, 0.25) is 0 Å². The maximum absolute atomic E-state index is 4.06. The number of hydrogen-bond acceptors (Lipinski definition) is 4. The van der Waals surface area contributed by atoms with Crippen molar-refractivity contribution in [1.82, 2.24) is 25.8 Å². The molecule has 13 heavy (non-hydrogen) atoms. The summed E-state index contributed by atoms with van der Waals surface area (Å²) < 4.78 is 0. The smallest absolute Gasteiger partial charge is 0.137 e. The van der Waals surface area contributed by atoms with E-state index in [2.05, 4.69) is 25.8 Å². The van der Waals surface area contributed by atoms with Gasteiger partial charge in [-0.15, -0.1) is 0 Å². The van der Waals surface area contributed by atoms with Crippen molar-refractivity contribution >= 4 is 0 Å². The van der Waals surface area contributed by atoms with E-state index in [4.69, 9.17) is 0 Å². The highest BCUT2D eigenvalue weighted by Crippen LogP contribution is 1.96. The van der Waals surface area contributed by atoms with E-state index in [0.29, 0.717) is 6.04 Å². The molecule has 1 atom stereocenters. The molecule has 0 bridgehead atoms. The second kappa shape index (κ2) is 4.34. The Kier molecular flexibility index (Phi) is 2.89. The molecule has 1 saturated heterocycles. The van der Waals surface area contributed by atoms with Gasteiger partial charge >= 0.3 is 0 Å². The fourth-order valence-corrected chi connectivity index (χ4v) is 1.57. The van der Waals surface area contributed by atoms with Gasteiger partial charge < -0.3 is 10.6 Å². The van der Waals surface area contributed by atoms with Crippen molar-refractivity contribution in [2.75, 3.05) is 19.6 Å². The maximum Gasteiger partial charge on any atom is 0.137 e. The zero-order valence-electron chi connectivity index (χ0n) is 7.58. The minimum Gasteiger partial charge on any atom is -0.315 e.